The minimum absolute atomic E-state index is 0.0610. The third-order valence-electron chi connectivity index (χ3n) is 2.74. The van der Waals surface area contributed by atoms with Gasteiger partial charge in [-0.05, 0) is 25.2 Å². The van der Waals surface area contributed by atoms with E-state index >= 15 is 0 Å². The molecule has 0 saturated heterocycles. The van der Waals surface area contributed by atoms with E-state index in [1.54, 1.807) is 0 Å². The molecule has 14 heavy (non-hydrogen) atoms. The summed E-state index contributed by atoms with van der Waals surface area (Å²) >= 11 is 0. The van der Waals surface area contributed by atoms with Gasteiger partial charge in [0.15, 0.2) is 0 Å². The molecule has 3 N–H and O–H groups in total. The SMILES string of the molecule is CC(CN)C(=O)NCC1CC=CCC1. The van der Waals surface area contributed by atoms with Gasteiger partial charge in [-0.15, -0.1) is 0 Å². The molecule has 2 unspecified atom stereocenters. The van der Waals surface area contributed by atoms with Crippen LogP contribution in [0.2, 0.25) is 0 Å². The van der Waals surface area contributed by atoms with Gasteiger partial charge in [-0.25, -0.2) is 0 Å². The number of carbonyl (C=O) groups excluding carboxylic acids is 1. The third kappa shape index (κ3) is 3.50. The van der Waals surface area contributed by atoms with Crippen molar-refractivity contribution in [3.8, 4) is 0 Å². The molecule has 1 rings (SSSR count). The lowest BCUT2D eigenvalue weighted by Gasteiger charge is -2.19. The zero-order valence-corrected chi connectivity index (χ0v) is 8.83. The normalized spacial score (nSPS) is 23.1. The third-order valence-corrected chi connectivity index (χ3v) is 2.74. The number of rotatable bonds is 4. The van der Waals surface area contributed by atoms with E-state index in [1.807, 2.05) is 6.92 Å². The monoisotopic (exact) mass is 196 g/mol. The Labute approximate surface area is 85.7 Å². The van der Waals surface area contributed by atoms with E-state index in [2.05, 4.69) is 17.5 Å². The number of hydrogen-bond acceptors (Lipinski definition) is 2. The largest absolute Gasteiger partial charge is 0.356 e. The second-order valence-corrected chi connectivity index (χ2v) is 4.03. The van der Waals surface area contributed by atoms with Gasteiger partial charge in [0.1, 0.15) is 0 Å². The summed E-state index contributed by atoms with van der Waals surface area (Å²) in [4.78, 5) is 11.4. The summed E-state index contributed by atoms with van der Waals surface area (Å²) in [6.45, 7) is 3.08. The molecule has 0 aromatic carbocycles. The van der Waals surface area contributed by atoms with Crippen LogP contribution in [0.5, 0.6) is 0 Å². The molecule has 0 saturated carbocycles. The van der Waals surface area contributed by atoms with Gasteiger partial charge in [-0.2, -0.15) is 0 Å². The molecule has 0 fully saturated rings. The predicted molar refractivity (Wildman–Crippen MR) is 57.7 cm³/mol. The molecule has 80 valence electrons. The summed E-state index contributed by atoms with van der Waals surface area (Å²) in [6, 6.07) is 0. The Kier molecular flexibility index (Phi) is 4.66. The second-order valence-electron chi connectivity index (χ2n) is 4.03. The van der Waals surface area contributed by atoms with Crippen molar-refractivity contribution in [1.29, 1.82) is 0 Å². The highest BCUT2D eigenvalue weighted by atomic mass is 16.1. The van der Waals surface area contributed by atoms with Crippen LogP contribution in [0.3, 0.4) is 0 Å². The number of hydrogen-bond donors (Lipinski definition) is 2. The van der Waals surface area contributed by atoms with Crippen LogP contribution in [0.4, 0.5) is 0 Å². The highest BCUT2D eigenvalue weighted by Gasteiger charge is 2.14. The van der Waals surface area contributed by atoms with Gasteiger partial charge in [0.2, 0.25) is 5.91 Å². The standard InChI is InChI=1S/C11H20N2O/c1-9(7-12)11(14)13-8-10-5-3-2-4-6-10/h2-3,9-10H,4-8,12H2,1H3,(H,13,14). The van der Waals surface area contributed by atoms with E-state index in [0.29, 0.717) is 12.5 Å². The average molecular weight is 196 g/mol. The van der Waals surface area contributed by atoms with E-state index in [0.717, 1.165) is 19.4 Å². The highest BCUT2D eigenvalue weighted by molar-refractivity contribution is 5.78. The highest BCUT2D eigenvalue weighted by Crippen LogP contribution is 2.16. The lowest BCUT2D eigenvalue weighted by molar-refractivity contribution is -0.124. The van der Waals surface area contributed by atoms with Gasteiger partial charge in [-0.1, -0.05) is 19.1 Å². The van der Waals surface area contributed by atoms with Crippen LogP contribution in [-0.4, -0.2) is 19.0 Å². The molecule has 1 amide bonds. The minimum Gasteiger partial charge on any atom is -0.356 e. The summed E-state index contributed by atoms with van der Waals surface area (Å²) in [5.74, 6) is 0.644. The molecule has 0 aliphatic heterocycles. The number of carbonyl (C=O) groups is 1. The molecular formula is C11H20N2O. The molecule has 0 heterocycles. The number of nitrogens with one attached hydrogen (secondary N) is 1. The Bertz CT molecular complexity index is 213. The first kappa shape index (κ1) is 11.2. The zero-order chi connectivity index (χ0) is 10.4. The van der Waals surface area contributed by atoms with Gasteiger partial charge in [0.05, 0.1) is 0 Å². The van der Waals surface area contributed by atoms with Gasteiger partial charge >= 0.3 is 0 Å². The molecule has 0 radical (unpaired) electrons. The summed E-state index contributed by atoms with van der Waals surface area (Å²) < 4.78 is 0. The fraction of sp³-hybridized carbons (Fsp3) is 0.727. The maximum absolute atomic E-state index is 11.4. The molecule has 1 aliphatic carbocycles. The quantitative estimate of drug-likeness (QED) is 0.660. The van der Waals surface area contributed by atoms with Crippen molar-refractivity contribution in [1.82, 2.24) is 5.32 Å². The fourth-order valence-corrected chi connectivity index (χ4v) is 1.57. The van der Waals surface area contributed by atoms with Crippen LogP contribution in [0.15, 0.2) is 12.2 Å². The van der Waals surface area contributed by atoms with Gasteiger partial charge in [0.25, 0.3) is 0 Å². The van der Waals surface area contributed by atoms with E-state index in [9.17, 15) is 4.79 Å². The first-order valence-corrected chi connectivity index (χ1v) is 5.36. The van der Waals surface area contributed by atoms with E-state index in [-0.39, 0.29) is 11.8 Å². The number of allylic oxidation sites excluding steroid dienone is 2. The van der Waals surface area contributed by atoms with E-state index in [4.69, 9.17) is 5.73 Å². The lowest BCUT2D eigenvalue weighted by atomic mass is 9.94. The van der Waals surface area contributed by atoms with Crippen molar-refractivity contribution in [2.45, 2.75) is 26.2 Å². The van der Waals surface area contributed by atoms with Crippen LogP contribution >= 0.6 is 0 Å². The lowest BCUT2D eigenvalue weighted by Crippen LogP contribution is -2.36. The molecule has 0 bridgehead atoms. The first-order valence-electron chi connectivity index (χ1n) is 5.36. The maximum Gasteiger partial charge on any atom is 0.224 e. The topological polar surface area (TPSA) is 55.1 Å². The number of amides is 1. The van der Waals surface area contributed by atoms with Gasteiger partial charge in [0, 0.05) is 19.0 Å². The van der Waals surface area contributed by atoms with Crippen LogP contribution < -0.4 is 11.1 Å². The Balaban J connectivity index is 2.19. The average Bonchev–Trinajstić information content (AvgIpc) is 2.26. The molecule has 1 aliphatic rings. The fourth-order valence-electron chi connectivity index (χ4n) is 1.57. The minimum atomic E-state index is -0.0610. The molecule has 0 aromatic heterocycles. The van der Waals surface area contributed by atoms with Crippen LogP contribution in [0.1, 0.15) is 26.2 Å². The molecular weight excluding hydrogens is 176 g/mol. The van der Waals surface area contributed by atoms with Crippen molar-refractivity contribution < 1.29 is 4.79 Å². The molecule has 3 heteroatoms. The van der Waals surface area contributed by atoms with Crippen LogP contribution in [-0.2, 0) is 4.79 Å². The van der Waals surface area contributed by atoms with Crippen molar-refractivity contribution in [3.05, 3.63) is 12.2 Å². The Morgan fingerprint density at radius 1 is 1.64 bits per heavy atom. The van der Waals surface area contributed by atoms with Crippen molar-refractivity contribution in [2.75, 3.05) is 13.1 Å². The van der Waals surface area contributed by atoms with Gasteiger partial charge < -0.3 is 11.1 Å². The molecule has 0 spiro atoms. The zero-order valence-electron chi connectivity index (χ0n) is 8.83. The Hall–Kier alpha value is -0.830. The summed E-state index contributed by atoms with van der Waals surface area (Å²) in [5.41, 5.74) is 5.41. The Morgan fingerprint density at radius 3 is 3.00 bits per heavy atom. The van der Waals surface area contributed by atoms with E-state index < -0.39 is 0 Å². The summed E-state index contributed by atoms with van der Waals surface area (Å²) in [6.07, 6.45) is 7.84. The molecule has 3 nitrogen and oxygen atoms in total. The van der Waals surface area contributed by atoms with Crippen LogP contribution in [0.25, 0.3) is 0 Å². The number of nitrogens with two attached hydrogens (primary N) is 1. The smallest absolute Gasteiger partial charge is 0.224 e. The molecule has 2 atom stereocenters. The van der Waals surface area contributed by atoms with Crippen LogP contribution in [0, 0.1) is 11.8 Å². The predicted octanol–water partition coefficient (Wildman–Crippen LogP) is 1.05. The molecule has 0 aromatic rings. The van der Waals surface area contributed by atoms with Crippen molar-refractivity contribution >= 4 is 5.91 Å². The van der Waals surface area contributed by atoms with E-state index in [1.165, 1.54) is 6.42 Å². The van der Waals surface area contributed by atoms with Gasteiger partial charge in [-0.3, -0.25) is 4.79 Å². The first-order chi connectivity index (χ1) is 6.74. The maximum atomic E-state index is 11.4. The Morgan fingerprint density at radius 2 is 2.43 bits per heavy atom. The summed E-state index contributed by atoms with van der Waals surface area (Å²) in [7, 11) is 0. The summed E-state index contributed by atoms with van der Waals surface area (Å²) in [5, 5.41) is 2.95. The van der Waals surface area contributed by atoms with Crippen molar-refractivity contribution in [3.63, 3.8) is 0 Å². The van der Waals surface area contributed by atoms with Crippen molar-refractivity contribution in [2.24, 2.45) is 17.6 Å². The second kappa shape index (κ2) is 5.81.